The van der Waals surface area contributed by atoms with Gasteiger partial charge >= 0.3 is 0 Å². The maximum Gasteiger partial charge on any atom is 0.188 e. The second-order valence-corrected chi connectivity index (χ2v) is 8.33. The Morgan fingerprint density at radius 3 is 1.83 bits per heavy atom. The first kappa shape index (κ1) is 25.7. The topological polar surface area (TPSA) is 46.2 Å². The van der Waals surface area contributed by atoms with Crippen molar-refractivity contribution >= 4 is 29.1 Å². The quantitative estimate of drug-likeness (QED) is 0.360. The van der Waals surface area contributed by atoms with E-state index in [0.29, 0.717) is 5.92 Å². The van der Waals surface area contributed by atoms with Crippen LogP contribution in [0.4, 0.5) is 0 Å². The molecule has 0 radical (unpaired) electrons. The van der Waals surface area contributed by atoms with E-state index in [1.54, 1.807) is 0 Å². The molecule has 0 amide bonds. The summed E-state index contributed by atoms with van der Waals surface area (Å²) in [5.74, 6) is 0.868. The standard InChI is InChI=1S/C18H19NO.C8H16OS/c1-14(16-9-5-3-6-10-16)13-19-15(2)18(20)17-11-7-4-8-12-17;1-4-7(8(9)10)5-6(2)3/h3-13,15,19H,1-2H3;6-7H,4-5H2,1-3H3,(H,9,10)/b14-13+;/t;7-/m.0/s1. The lowest BCUT2D eigenvalue weighted by Crippen LogP contribution is -2.30. The number of hydrogen-bond donors (Lipinski definition) is 2. The third kappa shape index (κ3) is 9.45. The van der Waals surface area contributed by atoms with Gasteiger partial charge in [-0.05, 0) is 43.7 Å². The van der Waals surface area contributed by atoms with Crippen molar-refractivity contribution in [3.63, 3.8) is 0 Å². The first-order valence-corrected chi connectivity index (χ1v) is 11.0. The first-order chi connectivity index (χ1) is 14.3. The SMILES string of the molecule is C/C(=C\NC(C)C(=O)c1ccccc1)c1ccccc1.CC[C@@H](CC(C)C)C(=O)S. The van der Waals surface area contributed by atoms with Crippen LogP contribution in [0, 0.1) is 11.8 Å². The zero-order chi connectivity index (χ0) is 22.5. The van der Waals surface area contributed by atoms with Crippen LogP contribution in [0.5, 0.6) is 0 Å². The number of Topliss-reactive ketones (excluding diaryl/α,β-unsaturated/α-hetero) is 1. The Bertz CT molecular complexity index is 800. The van der Waals surface area contributed by atoms with Gasteiger partial charge in [0.15, 0.2) is 10.9 Å². The number of carbonyl (C=O) groups is 2. The van der Waals surface area contributed by atoms with E-state index in [1.807, 2.05) is 75.5 Å². The normalized spacial score (nSPS) is 13.1. The second kappa shape index (κ2) is 13.8. The highest BCUT2D eigenvalue weighted by molar-refractivity contribution is 7.96. The fraction of sp³-hybridized carbons (Fsp3) is 0.385. The molecule has 1 N–H and O–H groups in total. The van der Waals surface area contributed by atoms with Crippen molar-refractivity contribution < 1.29 is 9.59 Å². The Kier molecular flexibility index (Phi) is 11.8. The van der Waals surface area contributed by atoms with Crippen LogP contribution in [-0.4, -0.2) is 16.9 Å². The number of hydrogen-bond acceptors (Lipinski definition) is 3. The van der Waals surface area contributed by atoms with Gasteiger partial charge in [0.2, 0.25) is 0 Å². The average molecular weight is 426 g/mol. The van der Waals surface area contributed by atoms with Gasteiger partial charge in [-0.2, -0.15) is 0 Å². The van der Waals surface area contributed by atoms with Crippen LogP contribution in [0.25, 0.3) is 5.57 Å². The molecule has 0 bridgehead atoms. The molecule has 162 valence electrons. The summed E-state index contributed by atoms with van der Waals surface area (Å²) in [4.78, 5) is 23.0. The van der Waals surface area contributed by atoms with E-state index in [0.717, 1.165) is 29.5 Å². The molecule has 30 heavy (non-hydrogen) atoms. The summed E-state index contributed by atoms with van der Waals surface area (Å²) < 4.78 is 0. The van der Waals surface area contributed by atoms with E-state index < -0.39 is 0 Å². The van der Waals surface area contributed by atoms with Crippen LogP contribution >= 0.6 is 12.6 Å². The Morgan fingerprint density at radius 2 is 1.43 bits per heavy atom. The van der Waals surface area contributed by atoms with Crippen molar-refractivity contribution in [1.29, 1.82) is 0 Å². The van der Waals surface area contributed by atoms with Crippen molar-refractivity contribution in [1.82, 2.24) is 5.32 Å². The van der Waals surface area contributed by atoms with Gasteiger partial charge in [0, 0.05) is 17.7 Å². The molecule has 0 aliphatic heterocycles. The molecule has 3 nitrogen and oxygen atoms in total. The van der Waals surface area contributed by atoms with Gasteiger partial charge in [-0.3, -0.25) is 9.59 Å². The Hall–Kier alpha value is -2.33. The van der Waals surface area contributed by atoms with Crippen LogP contribution in [0.15, 0.2) is 66.9 Å². The molecule has 2 atom stereocenters. The molecule has 0 aromatic heterocycles. The Morgan fingerprint density at radius 1 is 0.933 bits per heavy atom. The number of thiol groups is 1. The van der Waals surface area contributed by atoms with E-state index in [9.17, 15) is 9.59 Å². The van der Waals surface area contributed by atoms with Crippen molar-refractivity contribution in [2.24, 2.45) is 11.8 Å². The van der Waals surface area contributed by atoms with E-state index in [1.165, 1.54) is 0 Å². The van der Waals surface area contributed by atoms with E-state index in [4.69, 9.17) is 0 Å². The van der Waals surface area contributed by atoms with Gasteiger partial charge < -0.3 is 5.32 Å². The predicted octanol–water partition coefficient (Wildman–Crippen LogP) is 6.42. The monoisotopic (exact) mass is 425 g/mol. The third-order valence-electron chi connectivity index (χ3n) is 4.83. The smallest absolute Gasteiger partial charge is 0.188 e. The van der Waals surface area contributed by atoms with Crippen molar-refractivity contribution in [2.75, 3.05) is 0 Å². The lowest BCUT2D eigenvalue weighted by Gasteiger charge is -2.12. The molecule has 2 rings (SSSR count). The van der Waals surface area contributed by atoms with E-state index in [2.05, 4.69) is 43.9 Å². The van der Waals surface area contributed by atoms with Crippen molar-refractivity contribution in [3.8, 4) is 0 Å². The summed E-state index contributed by atoms with van der Waals surface area (Å²) in [5, 5.41) is 3.21. The predicted molar refractivity (Wildman–Crippen MR) is 131 cm³/mol. The zero-order valence-corrected chi connectivity index (χ0v) is 19.7. The molecule has 0 heterocycles. The van der Waals surface area contributed by atoms with Crippen LogP contribution in [0.3, 0.4) is 0 Å². The summed E-state index contributed by atoms with van der Waals surface area (Å²) in [5.41, 5.74) is 3.00. The van der Waals surface area contributed by atoms with Crippen LogP contribution in [-0.2, 0) is 4.79 Å². The molecule has 0 saturated carbocycles. The summed E-state index contributed by atoms with van der Waals surface area (Å²) in [6, 6.07) is 19.2. The summed E-state index contributed by atoms with van der Waals surface area (Å²) in [6.07, 6.45) is 3.79. The largest absolute Gasteiger partial charge is 0.381 e. The molecular weight excluding hydrogens is 390 g/mol. The first-order valence-electron chi connectivity index (χ1n) is 10.6. The van der Waals surface area contributed by atoms with Gasteiger partial charge in [-0.25, -0.2) is 0 Å². The van der Waals surface area contributed by atoms with Crippen LogP contribution in [0.1, 0.15) is 63.4 Å². The minimum Gasteiger partial charge on any atom is -0.381 e. The molecule has 0 saturated heterocycles. The lowest BCUT2D eigenvalue weighted by molar-refractivity contribution is -0.114. The minimum atomic E-state index is -0.240. The minimum absolute atomic E-state index is 0.0381. The highest BCUT2D eigenvalue weighted by Gasteiger charge is 2.14. The summed E-state index contributed by atoms with van der Waals surface area (Å²) in [7, 11) is 0. The van der Waals surface area contributed by atoms with Crippen LogP contribution in [0.2, 0.25) is 0 Å². The summed E-state index contributed by atoms with van der Waals surface area (Å²) in [6.45, 7) is 10.2. The van der Waals surface area contributed by atoms with E-state index >= 15 is 0 Å². The molecule has 0 fully saturated rings. The average Bonchev–Trinajstić information content (AvgIpc) is 2.76. The maximum atomic E-state index is 12.2. The van der Waals surface area contributed by atoms with Crippen molar-refractivity contribution in [2.45, 2.75) is 53.5 Å². The molecule has 2 aromatic carbocycles. The number of carbonyl (C=O) groups excluding carboxylic acids is 2. The Balaban J connectivity index is 0.000000382. The molecule has 0 spiro atoms. The second-order valence-electron chi connectivity index (χ2n) is 7.88. The highest BCUT2D eigenvalue weighted by Crippen LogP contribution is 2.17. The third-order valence-corrected chi connectivity index (χ3v) is 5.19. The zero-order valence-electron chi connectivity index (χ0n) is 18.8. The van der Waals surface area contributed by atoms with Gasteiger partial charge in [-0.1, -0.05) is 81.4 Å². The Labute approximate surface area is 187 Å². The van der Waals surface area contributed by atoms with Crippen LogP contribution < -0.4 is 5.32 Å². The van der Waals surface area contributed by atoms with Gasteiger partial charge in [0.1, 0.15) is 0 Å². The van der Waals surface area contributed by atoms with Crippen molar-refractivity contribution in [3.05, 3.63) is 78.0 Å². The van der Waals surface area contributed by atoms with E-state index in [-0.39, 0.29) is 22.9 Å². The van der Waals surface area contributed by atoms with Gasteiger partial charge in [-0.15, -0.1) is 12.6 Å². The number of ketones is 1. The summed E-state index contributed by atoms with van der Waals surface area (Å²) >= 11 is 3.81. The molecule has 2 aromatic rings. The van der Waals surface area contributed by atoms with Gasteiger partial charge in [0.05, 0.1) is 6.04 Å². The lowest BCUT2D eigenvalue weighted by atomic mass is 9.96. The molecule has 0 aliphatic rings. The number of rotatable bonds is 9. The highest BCUT2D eigenvalue weighted by atomic mass is 32.1. The number of benzene rings is 2. The molecule has 4 heteroatoms. The molecular formula is C26H35NO2S. The fourth-order valence-corrected chi connectivity index (χ4v) is 3.26. The number of nitrogens with one attached hydrogen (secondary N) is 1. The molecule has 1 unspecified atom stereocenters. The van der Waals surface area contributed by atoms with Gasteiger partial charge in [0.25, 0.3) is 0 Å². The number of allylic oxidation sites excluding steroid dienone is 1. The fourth-order valence-electron chi connectivity index (χ4n) is 2.97. The molecule has 0 aliphatic carbocycles. The maximum absolute atomic E-state index is 12.2.